The summed E-state index contributed by atoms with van der Waals surface area (Å²) in [6, 6.07) is 20.9. The van der Waals surface area contributed by atoms with Crippen molar-refractivity contribution in [3.8, 4) is 5.75 Å². The third-order valence-electron chi connectivity index (χ3n) is 4.12. The van der Waals surface area contributed by atoms with E-state index in [9.17, 15) is 4.39 Å². The molecule has 0 spiro atoms. The number of aryl methyl sites for hydroxylation is 2. The number of hydrogen-bond acceptors (Lipinski definition) is 2. The lowest BCUT2D eigenvalue weighted by Gasteiger charge is -2.12. The van der Waals surface area contributed by atoms with E-state index < -0.39 is 0 Å². The third-order valence-corrected chi connectivity index (χ3v) is 4.12. The normalized spacial score (nSPS) is 10.5. The van der Waals surface area contributed by atoms with Crippen LogP contribution in [0.1, 0.15) is 22.3 Å². The summed E-state index contributed by atoms with van der Waals surface area (Å²) in [5.41, 5.74) is 5.29. The van der Waals surface area contributed by atoms with Crippen LogP contribution in [-0.4, -0.2) is 0 Å². The Balaban J connectivity index is 1.62. The molecule has 3 aromatic carbocycles. The number of ether oxygens (including phenoxy) is 1. The zero-order chi connectivity index (χ0) is 17.6. The molecule has 0 unspecified atom stereocenters. The molecule has 25 heavy (non-hydrogen) atoms. The van der Waals surface area contributed by atoms with E-state index in [0.29, 0.717) is 12.1 Å². The minimum Gasteiger partial charge on any atom is -0.489 e. The van der Waals surface area contributed by atoms with Gasteiger partial charge in [0.1, 0.15) is 18.2 Å². The molecule has 0 aliphatic heterocycles. The second kappa shape index (κ2) is 7.84. The Morgan fingerprint density at radius 1 is 0.920 bits per heavy atom. The number of nitrogens with one attached hydrogen (secondary N) is 1. The van der Waals surface area contributed by atoms with Crippen LogP contribution in [0.15, 0.2) is 66.7 Å². The second-order valence-electron chi connectivity index (χ2n) is 6.20. The maximum atomic E-state index is 13.7. The highest BCUT2D eigenvalue weighted by atomic mass is 19.1. The third kappa shape index (κ3) is 4.60. The Morgan fingerprint density at radius 2 is 1.76 bits per heavy atom. The highest BCUT2D eigenvalue weighted by molar-refractivity contribution is 5.52. The van der Waals surface area contributed by atoms with Crippen molar-refractivity contribution >= 4 is 5.69 Å². The van der Waals surface area contributed by atoms with Gasteiger partial charge in [0, 0.05) is 17.8 Å². The van der Waals surface area contributed by atoms with Gasteiger partial charge in [0.05, 0.1) is 0 Å². The fourth-order valence-electron chi connectivity index (χ4n) is 2.73. The Labute approximate surface area is 148 Å². The van der Waals surface area contributed by atoms with E-state index in [4.69, 9.17) is 4.74 Å². The molecule has 0 aliphatic rings. The van der Waals surface area contributed by atoms with Gasteiger partial charge < -0.3 is 10.1 Å². The SMILES string of the molecule is Cc1ccc(NCc2cccc(OCc3ccccc3F)c2)c(C)c1. The van der Waals surface area contributed by atoms with Gasteiger partial charge in [0.25, 0.3) is 0 Å². The molecule has 3 rings (SSSR count). The maximum absolute atomic E-state index is 13.7. The predicted molar refractivity (Wildman–Crippen MR) is 100 cm³/mol. The van der Waals surface area contributed by atoms with E-state index in [1.54, 1.807) is 12.1 Å². The van der Waals surface area contributed by atoms with Crippen LogP contribution in [0.4, 0.5) is 10.1 Å². The number of hydrogen-bond donors (Lipinski definition) is 1. The molecule has 128 valence electrons. The lowest BCUT2D eigenvalue weighted by atomic mass is 10.1. The molecule has 1 N–H and O–H groups in total. The lowest BCUT2D eigenvalue weighted by Crippen LogP contribution is -2.02. The van der Waals surface area contributed by atoms with E-state index in [1.807, 2.05) is 30.3 Å². The summed E-state index contributed by atoms with van der Waals surface area (Å²) >= 11 is 0. The van der Waals surface area contributed by atoms with Crippen LogP contribution >= 0.6 is 0 Å². The molecule has 0 aromatic heterocycles. The summed E-state index contributed by atoms with van der Waals surface area (Å²) in [5.74, 6) is 0.498. The van der Waals surface area contributed by atoms with Gasteiger partial charge in [0.15, 0.2) is 0 Å². The molecule has 0 heterocycles. The maximum Gasteiger partial charge on any atom is 0.129 e. The van der Waals surface area contributed by atoms with Crippen LogP contribution in [-0.2, 0) is 13.2 Å². The van der Waals surface area contributed by atoms with E-state index in [2.05, 4.69) is 37.4 Å². The Morgan fingerprint density at radius 3 is 2.56 bits per heavy atom. The van der Waals surface area contributed by atoms with Crippen molar-refractivity contribution in [3.05, 3.63) is 94.8 Å². The molecule has 0 saturated heterocycles. The van der Waals surface area contributed by atoms with Crippen molar-refractivity contribution in [1.82, 2.24) is 0 Å². The summed E-state index contributed by atoms with van der Waals surface area (Å²) in [6.07, 6.45) is 0. The van der Waals surface area contributed by atoms with Crippen LogP contribution in [0.2, 0.25) is 0 Å². The van der Waals surface area contributed by atoms with Crippen molar-refractivity contribution in [2.45, 2.75) is 27.0 Å². The van der Waals surface area contributed by atoms with Gasteiger partial charge in [-0.3, -0.25) is 0 Å². The van der Waals surface area contributed by atoms with Crippen molar-refractivity contribution in [3.63, 3.8) is 0 Å². The fraction of sp³-hybridized carbons (Fsp3) is 0.182. The van der Waals surface area contributed by atoms with Gasteiger partial charge in [-0.05, 0) is 49.2 Å². The topological polar surface area (TPSA) is 21.3 Å². The van der Waals surface area contributed by atoms with Crippen molar-refractivity contribution in [2.75, 3.05) is 5.32 Å². The molecular formula is C22H22FNO. The molecule has 0 saturated carbocycles. The number of halogens is 1. The predicted octanol–water partition coefficient (Wildman–Crippen LogP) is 5.63. The van der Waals surface area contributed by atoms with E-state index in [-0.39, 0.29) is 12.4 Å². The van der Waals surface area contributed by atoms with Crippen molar-refractivity contribution in [2.24, 2.45) is 0 Å². The average molecular weight is 335 g/mol. The molecule has 2 nitrogen and oxygen atoms in total. The highest BCUT2D eigenvalue weighted by Crippen LogP contribution is 2.20. The molecule has 3 heteroatoms. The quantitative estimate of drug-likeness (QED) is 0.630. The minimum atomic E-state index is -0.241. The lowest BCUT2D eigenvalue weighted by molar-refractivity contribution is 0.299. The van der Waals surface area contributed by atoms with Gasteiger partial charge in [-0.15, -0.1) is 0 Å². The van der Waals surface area contributed by atoms with E-state index in [1.165, 1.54) is 17.2 Å². The average Bonchev–Trinajstić information content (AvgIpc) is 2.61. The first kappa shape index (κ1) is 17.0. The van der Waals surface area contributed by atoms with E-state index in [0.717, 1.165) is 17.0 Å². The number of benzene rings is 3. The van der Waals surface area contributed by atoms with Crippen molar-refractivity contribution < 1.29 is 9.13 Å². The van der Waals surface area contributed by atoms with Gasteiger partial charge in [-0.2, -0.15) is 0 Å². The monoisotopic (exact) mass is 335 g/mol. The van der Waals surface area contributed by atoms with E-state index >= 15 is 0 Å². The molecule has 0 radical (unpaired) electrons. The highest BCUT2D eigenvalue weighted by Gasteiger charge is 2.03. The molecule has 0 bridgehead atoms. The molecule has 0 amide bonds. The van der Waals surface area contributed by atoms with Crippen LogP contribution in [0.3, 0.4) is 0 Å². The molecule has 0 fully saturated rings. The standard InChI is InChI=1S/C22H22FNO/c1-16-10-11-22(17(2)12-16)24-14-18-6-5-8-20(13-18)25-15-19-7-3-4-9-21(19)23/h3-13,24H,14-15H2,1-2H3. The zero-order valence-corrected chi connectivity index (χ0v) is 14.6. The van der Waals surface area contributed by atoms with Crippen LogP contribution in [0, 0.1) is 19.7 Å². The largest absolute Gasteiger partial charge is 0.489 e. The van der Waals surface area contributed by atoms with Crippen LogP contribution in [0.5, 0.6) is 5.75 Å². The fourth-order valence-corrected chi connectivity index (χ4v) is 2.73. The smallest absolute Gasteiger partial charge is 0.129 e. The Bertz CT molecular complexity index is 860. The Kier molecular flexibility index (Phi) is 5.34. The number of rotatable bonds is 6. The van der Waals surface area contributed by atoms with Gasteiger partial charge in [0.2, 0.25) is 0 Å². The summed E-state index contributed by atoms with van der Waals surface area (Å²) in [6.45, 7) is 5.12. The first-order chi connectivity index (χ1) is 12.1. The molecule has 3 aromatic rings. The molecular weight excluding hydrogens is 313 g/mol. The minimum absolute atomic E-state index is 0.223. The Hall–Kier alpha value is -2.81. The summed E-state index contributed by atoms with van der Waals surface area (Å²) in [5, 5.41) is 3.45. The molecule has 0 aliphatic carbocycles. The summed E-state index contributed by atoms with van der Waals surface area (Å²) in [7, 11) is 0. The van der Waals surface area contributed by atoms with Crippen molar-refractivity contribution in [1.29, 1.82) is 0 Å². The second-order valence-corrected chi connectivity index (χ2v) is 6.20. The molecule has 0 atom stereocenters. The van der Waals surface area contributed by atoms with Gasteiger partial charge in [-0.1, -0.05) is 48.0 Å². The summed E-state index contributed by atoms with van der Waals surface area (Å²) in [4.78, 5) is 0. The zero-order valence-electron chi connectivity index (χ0n) is 14.6. The van der Waals surface area contributed by atoms with Gasteiger partial charge >= 0.3 is 0 Å². The first-order valence-electron chi connectivity index (χ1n) is 8.38. The van der Waals surface area contributed by atoms with Crippen LogP contribution in [0.25, 0.3) is 0 Å². The summed E-state index contributed by atoms with van der Waals surface area (Å²) < 4.78 is 19.4. The van der Waals surface area contributed by atoms with Gasteiger partial charge in [-0.25, -0.2) is 4.39 Å². The number of anilines is 1. The van der Waals surface area contributed by atoms with Crippen LogP contribution < -0.4 is 10.1 Å². The first-order valence-corrected chi connectivity index (χ1v) is 8.38.